The summed E-state index contributed by atoms with van der Waals surface area (Å²) in [6.07, 6.45) is 3.69. The molecule has 0 radical (unpaired) electrons. The van der Waals surface area contributed by atoms with Crippen LogP contribution < -0.4 is 10.6 Å². The molecular weight excluding hydrogens is 304 g/mol. The Hall–Kier alpha value is -1.11. The van der Waals surface area contributed by atoms with Crippen LogP contribution >= 0.6 is 11.6 Å². The first-order chi connectivity index (χ1) is 10.7. The Labute approximate surface area is 136 Å². The normalized spacial score (nSPS) is 21.8. The van der Waals surface area contributed by atoms with E-state index in [-0.39, 0.29) is 23.9 Å². The van der Waals surface area contributed by atoms with Crippen LogP contribution in [0.25, 0.3) is 0 Å². The molecule has 2 heterocycles. The smallest absolute Gasteiger partial charge is 0.287 e. The van der Waals surface area contributed by atoms with Gasteiger partial charge in [0.05, 0.1) is 17.8 Å². The number of aromatic amines is 1. The monoisotopic (exact) mass is 328 g/mol. The van der Waals surface area contributed by atoms with Gasteiger partial charge in [-0.05, 0) is 25.8 Å². The van der Waals surface area contributed by atoms with Gasteiger partial charge in [0, 0.05) is 13.2 Å². The summed E-state index contributed by atoms with van der Waals surface area (Å²) in [7, 11) is 0. The maximum absolute atomic E-state index is 12.3. The van der Waals surface area contributed by atoms with E-state index in [0.717, 1.165) is 51.1 Å². The molecule has 1 aliphatic rings. The summed E-state index contributed by atoms with van der Waals surface area (Å²) in [4.78, 5) is 19.4. The van der Waals surface area contributed by atoms with E-state index in [1.165, 1.54) is 0 Å². The Balaban J connectivity index is 1.95. The zero-order valence-corrected chi connectivity index (χ0v) is 14.0. The van der Waals surface area contributed by atoms with E-state index < -0.39 is 0 Å². The molecule has 7 heteroatoms. The number of rotatable bonds is 7. The molecule has 0 aromatic carbocycles. The van der Waals surface area contributed by atoms with Crippen LogP contribution in [-0.4, -0.2) is 47.7 Å². The number of piperidine rings is 1. The lowest BCUT2D eigenvalue weighted by molar-refractivity contribution is 0.0125. The molecule has 0 aliphatic carbocycles. The van der Waals surface area contributed by atoms with Gasteiger partial charge in [0.25, 0.3) is 5.91 Å². The Kier molecular flexibility index (Phi) is 6.67. The van der Waals surface area contributed by atoms with Crippen molar-refractivity contribution in [2.45, 2.75) is 51.7 Å². The van der Waals surface area contributed by atoms with Gasteiger partial charge in [-0.3, -0.25) is 4.79 Å². The Morgan fingerprint density at radius 3 is 3.00 bits per heavy atom. The second-order valence-corrected chi connectivity index (χ2v) is 5.90. The summed E-state index contributed by atoms with van der Waals surface area (Å²) in [6, 6.07) is -0.000409. The minimum Gasteiger partial charge on any atom is -0.375 e. The van der Waals surface area contributed by atoms with E-state index >= 15 is 0 Å². The van der Waals surface area contributed by atoms with E-state index in [0.29, 0.717) is 5.15 Å². The molecule has 6 nitrogen and oxygen atoms in total. The fraction of sp³-hybridized carbons (Fsp3) is 0.733. The predicted octanol–water partition coefficient (Wildman–Crippen LogP) is 1.90. The highest BCUT2D eigenvalue weighted by Crippen LogP contribution is 2.14. The fourth-order valence-corrected chi connectivity index (χ4v) is 2.78. The van der Waals surface area contributed by atoms with Crippen molar-refractivity contribution in [3.8, 4) is 0 Å². The van der Waals surface area contributed by atoms with Crippen LogP contribution in [0.15, 0.2) is 0 Å². The van der Waals surface area contributed by atoms with E-state index in [1.54, 1.807) is 0 Å². The van der Waals surface area contributed by atoms with Crippen LogP contribution in [0.4, 0.5) is 0 Å². The van der Waals surface area contributed by atoms with Crippen molar-refractivity contribution < 1.29 is 9.53 Å². The van der Waals surface area contributed by atoms with Gasteiger partial charge in [0.15, 0.2) is 11.0 Å². The molecule has 1 saturated heterocycles. The van der Waals surface area contributed by atoms with Crippen molar-refractivity contribution in [3.05, 3.63) is 16.7 Å². The number of imidazole rings is 1. The number of unbranched alkanes of at least 4 members (excludes halogenated alkanes) is 1. The molecule has 3 N–H and O–H groups in total. The van der Waals surface area contributed by atoms with Gasteiger partial charge < -0.3 is 20.4 Å². The molecule has 1 aromatic rings. The number of H-pyrrole nitrogens is 1. The van der Waals surface area contributed by atoms with Gasteiger partial charge in [0.1, 0.15) is 0 Å². The average Bonchev–Trinajstić information content (AvgIpc) is 2.90. The summed E-state index contributed by atoms with van der Waals surface area (Å²) in [5.41, 5.74) is 0.785. The molecule has 1 amide bonds. The lowest BCUT2D eigenvalue weighted by atomic mass is 10.0. The minimum absolute atomic E-state index is 0.000305. The molecule has 1 fully saturated rings. The molecular formula is C15H25ClN4O2. The second-order valence-electron chi connectivity index (χ2n) is 5.54. The van der Waals surface area contributed by atoms with Gasteiger partial charge in [-0.15, -0.1) is 0 Å². The van der Waals surface area contributed by atoms with Crippen LogP contribution in [0.1, 0.15) is 49.4 Å². The number of hydrogen-bond acceptors (Lipinski definition) is 4. The first-order valence-electron chi connectivity index (χ1n) is 8.03. The van der Waals surface area contributed by atoms with Gasteiger partial charge in [-0.1, -0.05) is 31.9 Å². The van der Waals surface area contributed by atoms with Gasteiger partial charge >= 0.3 is 0 Å². The Morgan fingerprint density at radius 2 is 2.32 bits per heavy atom. The number of carbonyl (C=O) groups is 1. The number of aromatic nitrogens is 2. The number of nitrogens with one attached hydrogen (secondary N) is 3. The number of carbonyl (C=O) groups excluding carboxylic acids is 1. The highest BCUT2D eigenvalue weighted by Gasteiger charge is 2.28. The first-order valence-corrected chi connectivity index (χ1v) is 8.41. The molecule has 0 unspecified atom stereocenters. The van der Waals surface area contributed by atoms with Crippen molar-refractivity contribution in [3.63, 3.8) is 0 Å². The molecule has 2 atom stereocenters. The van der Waals surface area contributed by atoms with Gasteiger partial charge in [-0.25, -0.2) is 4.98 Å². The number of aryl methyl sites for hydroxylation is 1. The summed E-state index contributed by atoms with van der Waals surface area (Å²) < 4.78 is 5.89. The number of amides is 1. The van der Waals surface area contributed by atoms with Crippen molar-refractivity contribution in [1.82, 2.24) is 20.6 Å². The third-order valence-corrected chi connectivity index (χ3v) is 4.18. The zero-order chi connectivity index (χ0) is 15.9. The number of nitrogens with zero attached hydrogens (tertiary/aromatic N) is 1. The largest absolute Gasteiger partial charge is 0.375 e. The molecule has 0 bridgehead atoms. The number of halogens is 1. The average molecular weight is 329 g/mol. The van der Waals surface area contributed by atoms with Crippen molar-refractivity contribution in [1.29, 1.82) is 0 Å². The van der Waals surface area contributed by atoms with Gasteiger partial charge in [-0.2, -0.15) is 0 Å². The summed E-state index contributed by atoms with van der Waals surface area (Å²) in [5, 5.41) is 6.70. The Bertz CT molecular complexity index is 492. The van der Waals surface area contributed by atoms with Crippen molar-refractivity contribution in [2.24, 2.45) is 0 Å². The maximum atomic E-state index is 12.3. The predicted molar refractivity (Wildman–Crippen MR) is 86.4 cm³/mol. The summed E-state index contributed by atoms with van der Waals surface area (Å²) >= 11 is 5.99. The van der Waals surface area contributed by atoms with E-state index in [1.807, 2.05) is 6.92 Å². The fourth-order valence-electron chi connectivity index (χ4n) is 2.52. The number of ether oxygens (including phenoxy) is 1. The molecule has 22 heavy (non-hydrogen) atoms. The molecule has 2 rings (SSSR count). The summed E-state index contributed by atoms with van der Waals surface area (Å²) in [5.74, 6) is 0.0466. The van der Waals surface area contributed by atoms with E-state index in [9.17, 15) is 4.79 Å². The molecule has 0 saturated carbocycles. The SMILES string of the molecule is CCCCO[C@@H]1CNCC[C@@H]1NC(=O)c1nc(Cl)c(CC)[nH]1. The van der Waals surface area contributed by atoms with Crippen LogP contribution in [-0.2, 0) is 11.2 Å². The van der Waals surface area contributed by atoms with Crippen LogP contribution in [0.2, 0.25) is 5.15 Å². The maximum Gasteiger partial charge on any atom is 0.287 e. The molecule has 124 valence electrons. The third-order valence-electron chi connectivity index (χ3n) is 3.87. The van der Waals surface area contributed by atoms with Crippen molar-refractivity contribution >= 4 is 17.5 Å². The minimum atomic E-state index is -0.224. The topological polar surface area (TPSA) is 79.0 Å². The second kappa shape index (κ2) is 8.50. The van der Waals surface area contributed by atoms with E-state index in [4.69, 9.17) is 16.3 Å². The molecule has 1 aliphatic heterocycles. The van der Waals surface area contributed by atoms with Crippen LogP contribution in [0.5, 0.6) is 0 Å². The van der Waals surface area contributed by atoms with E-state index in [2.05, 4.69) is 27.5 Å². The molecule has 1 aromatic heterocycles. The third kappa shape index (κ3) is 4.44. The quantitative estimate of drug-likeness (QED) is 0.668. The highest BCUT2D eigenvalue weighted by molar-refractivity contribution is 6.30. The lowest BCUT2D eigenvalue weighted by Crippen LogP contribution is -2.54. The lowest BCUT2D eigenvalue weighted by Gasteiger charge is -2.32. The first kappa shape index (κ1) is 17.2. The molecule has 0 spiro atoms. The van der Waals surface area contributed by atoms with Crippen LogP contribution in [0.3, 0.4) is 0 Å². The standard InChI is InChI=1S/C15H25ClN4O2/c1-3-5-8-22-12-9-17-7-6-11(12)19-15(21)14-18-10(4-2)13(16)20-14/h11-12,17H,3-9H2,1-2H3,(H,18,20)(H,19,21)/t11-,12+/m0/s1. The highest BCUT2D eigenvalue weighted by atomic mass is 35.5. The van der Waals surface area contributed by atoms with Crippen LogP contribution in [0, 0.1) is 0 Å². The zero-order valence-electron chi connectivity index (χ0n) is 13.2. The summed E-state index contributed by atoms with van der Waals surface area (Å²) in [6.45, 7) is 6.45. The number of hydrogen-bond donors (Lipinski definition) is 3. The van der Waals surface area contributed by atoms with Crippen molar-refractivity contribution in [2.75, 3.05) is 19.7 Å². The Morgan fingerprint density at radius 1 is 1.50 bits per heavy atom. The van der Waals surface area contributed by atoms with Gasteiger partial charge in [0.2, 0.25) is 0 Å².